The van der Waals surface area contributed by atoms with Crippen LogP contribution in [0, 0.1) is 17.8 Å². The first-order chi connectivity index (χ1) is 56.8. The number of aliphatic carboxylic acids is 13. The fourth-order valence-electron chi connectivity index (χ4n) is 6.93. The average molecular weight is 1820 g/mol. The number of aliphatic hydroxyl groups is 1. The summed E-state index contributed by atoms with van der Waals surface area (Å²) in [4.78, 5) is 145. The Kier molecular flexibility index (Phi) is 81.6. The van der Waals surface area contributed by atoms with Crippen molar-refractivity contribution < 1.29 is 134 Å². The minimum atomic E-state index is -1.18. The van der Waals surface area contributed by atoms with Gasteiger partial charge in [0.15, 0.2) is 5.96 Å². The van der Waals surface area contributed by atoms with Crippen LogP contribution in [0.1, 0.15) is 124 Å². The second-order valence-electron chi connectivity index (χ2n) is 26.8. The number of benzene rings is 2. The number of aromatic amines is 2. The number of guanidine groups is 1. The molecule has 1 unspecified atom stereocenters. The average Bonchev–Trinajstić information content (AvgIpc) is 1.69. The number of nitrogens with one attached hydrogen (secondary N) is 2. The number of para-hydroxylation sites is 1. The van der Waals surface area contributed by atoms with Crippen molar-refractivity contribution in [1.29, 1.82) is 0 Å². The van der Waals surface area contributed by atoms with Crippen LogP contribution in [-0.4, -0.2) is 291 Å². The predicted molar refractivity (Wildman–Crippen MR) is 469 cm³/mol. The molecule has 15 atom stereocenters. The number of H-pyrrole nitrogens is 2. The van der Waals surface area contributed by atoms with Crippen LogP contribution in [0.25, 0.3) is 10.9 Å². The van der Waals surface area contributed by atoms with Crippen molar-refractivity contribution in [3.63, 3.8) is 0 Å². The van der Waals surface area contributed by atoms with Gasteiger partial charge in [0.05, 0.1) is 12.4 Å². The molecule has 708 valence electrons. The third kappa shape index (κ3) is 80.2. The molecule has 4 aromatic rings. The number of carboxylic acid groups (broad SMARTS) is 13. The first kappa shape index (κ1) is 129. The Bertz CT molecular complexity index is 3530. The van der Waals surface area contributed by atoms with E-state index in [9.17, 15) is 62.3 Å². The van der Waals surface area contributed by atoms with Gasteiger partial charge in [0.25, 0.3) is 0 Å². The predicted octanol–water partition coefficient (Wildman–Crippen LogP) is -2.41. The van der Waals surface area contributed by atoms with Gasteiger partial charge in [0.1, 0.15) is 78.5 Å². The summed E-state index contributed by atoms with van der Waals surface area (Å²) in [6.07, 6.45) is 11.9. The Labute approximate surface area is 725 Å². The lowest BCUT2D eigenvalue weighted by Crippen LogP contribution is -2.39. The van der Waals surface area contributed by atoms with Gasteiger partial charge < -0.3 is 173 Å². The largest absolute Gasteiger partial charge is 0.480 e. The van der Waals surface area contributed by atoms with Gasteiger partial charge in [-0.25, -0.2) is 4.98 Å². The first-order valence-corrected chi connectivity index (χ1v) is 41.2. The molecular weight excluding hydrogens is 1690 g/mol. The number of unbranched alkanes of at least 4 members (excludes halogenated alkanes) is 1. The number of aromatic nitrogens is 3. The lowest BCUT2D eigenvalue weighted by atomic mass is 10.0. The number of rotatable bonds is 41. The van der Waals surface area contributed by atoms with Gasteiger partial charge in [-0.05, 0) is 112 Å². The first-order valence-electron chi connectivity index (χ1n) is 37.3. The molecule has 0 saturated carbocycles. The number of hydrogen-bond acceptors (Lipinski definition) is 33. The third-order valence-electron chi connectivity index (χ3n) is 14.9. The quantitative estimate of drug-likeness (QED) is 0.00952. The number of aliphatic hydroxyl groups excluding tert-OH is 1. The van der Waals surface area contributed by atoms with E-state index in [0.29, 0.717) is 64.0 Å². The topological polar surface area (TPSA) is 978 Å². The normalized spacial score (nSPS) is 13.7. The maximum Gasteiger partial charge on any atom is 0.323 e. The molecule has 0 saturated heterocycles. The van der Waals surface area contributed by atoms with E-state index in [1.54, 1.807) is 31.8 Å². The maximum absolute atomic E-state index is 10.6. The van der Waals surface area contributed by atoms with E-state index in [1.807, 2.05) is 94.7 Å². The van der Waals surface area contributed by atoms with Gasteiger partial charge in [-0.3, -0.25) is 67.3 Å². The Morgan fingerprint density at radius 2 is 0.837 bits per heavy atom. The Hall–Kier alpha value is -9.98. The SMILES string of the molecule is CC(C)C[C@H](N)C(=O)O.CC(C)[C@H](N)C(=O)O.CC[C@H](C)[C@H](N)C(=O)O.CSCC[C@H](N)C(=O)O.C[C@@H](O)[C@H](N)C(=O)O.C[C@H](N)C(=O)O.NC(CSSC[C@H](N)C(=O)O)C(=O)O.NC(N)=NCCC[C@H](N)C(=O)O.NCCCC[C@H](N)C(=O)O.N[C@@H](Cc1c[nH]c2ccccc12)C(=O)O.N[C@@H](Cc1ccccc1)C(=O)O.N[C@@H](Cc1cnc[nH]1)C(=O)O. The zero-order valence-corrected chi connectivity index (χ0v) is 72.9. The number of carboxylic acids is 13. The third-order valence-corrected chi connectivity index (χ3v) is 18.0. The summed E-state index contributed by atoms with van der Waals surface area (Å²) >= 11 is 1.60. The number of imidazole rings is 1. The van der Waals surface area contributed by atoms with Crippen molar-refractivity contribution in [3.8, 4) is 0 Å². The lowest BCUT2D eigenvalue weighted by Gasteiger charge is -2.11. The lowest BCUT2D eigenvalue weighted by molar-refractivity contribution is -0.141. The summed E-state index contributed by atoms with van der Waals surface area (Å²) in [5.74, 6) is -11.1. The van der Waals surface area contributed by atoms with Crippen molar-refractivity contribution in [1.82, 2.24) is 15.0 Å². The van der Waals surface area contributed by atoms with Gasteiger partial charge in [-0.15, -0.1) is 0 Å². The number of fused-ring (bicyclic) bond motifs is 1. The fourth-order valence-corrected chi connectivity index (χ4v) is 9.64. The van der Waals surface area contributed by atoms with Gasteiger partial charge in [0.2, 0.25) is 0 Å². The molecule has 0 amide bonds. The van der Waals surface area contributed by atoms with Crippen molar-refractivity contribution >= 4 is 128 Å². The molecule has 2 aromatic heterocycles. The molecule has 0 aliphatic heterocycles. The van der Waals surface area contributed by atoms with Gasteiger partial charge >= 0.3 is 77.6 Å². The highest BCUT2D eigenvalue weighted by molar-refractivity contribution is 8.76. The van der Waals surface area contributed by atoms with Crippen LogP contribution >= 0.6 is 33.3 Å². The second-order valence-corrected chi connectivity index (χ2v) is 30.4. The van der Waals surface area contributed by atoms with Crippen LogP contribution in [0.4, 0.5) is 0 Å². The molecule has 0 fully saturated rings. The van der Waals surface area contributed by atoms with Crippen molar-refractivity contribution in [2.24, 2.45) is 114 Å². The van der Waals surface area contributed by atoms with Crippen LogP contribution in [-0.2, 0) is 81.6 Å². The standard InChI is InChI=1S/C11H12N2O2.C9H11NO2.C6H14N4O2.C6H9N3O2.C6H12N2O4S2.C6H14N2O2.2C6H13NO2.C5H11NO2S.C5H11NO2.C4H9NO3.C3H7NO2/c12-9(11(14)15)5-7-6-13-10-4-2-1-3-8(7)10;10-8(9(11)12)6-7-4-2-1-3-5-7;7-4(5(11)12)2-1-3-10-6(8)9;7-5(6(10)11)1-4-2-8-3-9-4;7-3(5(9)10)1-13-14-2-4(8)6(11)12;7-4-2-1-3-5(8)6(9)10;1-4(2)3-5(7)6(8)9;1-3-4(2)5(7)6(8)9;1-9-3-2-4(6)5(7)8;1-3(2)4(6)5(7)8;1-2(6)3(5)4(7)8;1-2(4)3(5)6/h1-4,6,9,13H,5,12H2,(H,14,15);1-5,8H,6,10H2,(H,11,12);4H,1-3,7H2,(H,11,12)(H4,8,9,10);2-3,5H,1,7H2,(H,8,9)(H,10,11);3-4H,1-2,7-8H2,(H,9,10)(H,11,12);5H,1-4,7-8H2,(H,9,10);2*4-5H,3,7H2,1-2H3,(H,8,9);4H,2-3,6H2,1H3,(H,7,8);3-4H,6H2,1-2H3,(H,7,8);2-3,6H,5H2,1H3,(H,7,8);2H,4H2,1H3,(H,5,6)/t9-;8-;4-;5-;3-,4?;2*5-;4-,5-;2*4-;2-,3+;2-/m000000000010/s1. The Morgan fingerprint density at radius 3 is 1.15 bits per heavy atom. The number of nitrogens with two attached hydrogens (primary N) is 16. The highest BCUT2D eigenvalue weighted by atomic mass is 33.1. The van der Waals surface area contributed by atoms with E-state index in [1.165, 1.54) is 41.8 Å². The van der Waals surface area contributed by atoms with E-state index in [4.69, 9.17) is 163 Å². The van der Waals surface area contributed by atoms with E-state index in [-0.39, 0.29) is 35.7 Å². The summed E-state index contributed by atoms with van der Waals surface area (Å²) in [7, 11) is 2.41. The van der Waals surface area contributed by atoms with Crippen LogP contribution in [0.5, 0.6) is 0 Å². The van der Waals surface area contributed by atoms with Crippen molar-refractivity contribution in [2.45, 2.75) is 211 Å². The van der Waals surface area contributed by atoms with Crippen molar-refractivity contribution in [2.75, 3.05) is 36.6 Å². The summed E-state index contributed by atoms with van der Waals surface area (Å²) < 4.78 is 0. The molecule has 2 heterocycles. The maximum atomic E-state index is 10.6. The van der Waals surface area contributed by atoms with Crippen LogP contribution in [0.2, 0.25) is 0 Å². The molecule has 2 aromatic carbocycles. The Morgan fingerprint density at radius 1 is 0.447 bits per heavy atom. The molecule has 48 N–H and O–H groups in total. The summed E-state index contributed by atoms with van der Waals surface area (Å²) in [6, 6.07) is 6.55. The molecule has 47 nitrogen and oxygen atoms in total. The van der Waals surface area contributed by atoms with Crippen LogP contribution < -0.4 is 91.7 Å². The van der Waals surface area contributed by atoms with E-state index >= 15 is 0 Å². The monoisotopic (exact) mass is 1820 g/mol. The highest BCUT2D eigenvalue weighted by Crippen LogP contribution is 2.22. The van der Waals surface area contributed by atoms with Gasteiger partial charge in [-0.2, -0.15) is 11.8 Å². The summed E-state index contributed by atoms with van der Waals surface area (Å²) in [6.45, 7) is 15.0. The molecule has 0 radical (unpaired) electrons. The Balaban J connectivity index is -0.000000197. The van der Waals surface area contributed by atoms with E-state index in [0.717, 1.165) is 52.7 Å². The van der Waals surface area contributed by atoms with E-state index in [2.05, 4.69) is 19.9 Å². The minimum Gasteiger partial charge on any atom is -0.480 e. The fraction of sp³-hybridized carbons (Fsp3) is 0.575. The van der Waals surface area contributed by atoms with Crippen LogP contribution in [0.15, 0.2) is 78.3 Å². The molecule has 0 aliphatic carbocycles. The van der Waals surface area contributed by atoms with Gasteiger partial charge in [-0.1, -0.05) is 125 Å². The van der Waals surface area contributed by atoms with Gasteiger partial charge in [0, 0.05) is 59.9 Å². The van der Waals surface area contributed by atoms with E-state index < -0.39 is 162 Å². The second kappa shape index (κ2) is 78.0. The van der Waals surface area contributed by atoms with Crippen molar-refractivity contribution in [3.05, 3.63) is 90.1 Å². The number of carbonyl (C=O) groups is 13. The molecule has 0 spiro atoms. The number of nitrogens with zero attached hydrogens (tertiary/aromatic N) is 2. The molecule has 0 bridgehead atoms. The molecular formula is C73H136N20O27S3. The molecule has 4 rings (SSSR count). The number of aliphatic imine (C=N–C) groups is 1. The number of thioether (sulfide) groups is 1. The highest BCUT2D eigenvalue weighted by Gasteiger charge is 2.21. The molecule has 0 aliphatic rings. The smallest absolute Gasteiger partial charge is 0.323 e. The number of hydrogen-bond donors (Lipinski definition) is 32. The summed E-state index contributed by atoms with van der Waals surface area (Å²) in [5.41, 5.74) is 86.5. The van der Waals surface area contributed by atoms with Crippen LogP contribution in [0.3, 0.4) is 0 Å². The molecule has 123 heavy (non-hydrogen) atoms. The molecule has 50 heteroatoms. The zero-order valence-electron chi connectivity index (χ0n) is 70.5. The zero-order chi connectivity index (χ0) is 97.5. The minimum absolute atomic E-state index is 0.0129. The summed E-state index contributed by atoms with van der Waals surface area (Å²) in [5, 5.41) is 118.